The minimum Gasteiger partial charge on any atom is -0.414 e. The van der Waals surface area contributed by atoms with Crippen molar-refractivity contribution in [2.75, 3.05) is 13.2 Å². The number of nitrogens with zero attached hydrogens (tertiary/aromatic N) is 1. The molecule has 2 unspecified atom stereocenters. The van der Waals surface area contributed by atoms with Gasteiger partial charge in [0, 0.05) is 12.7 Å². The maximum Gasteiger partial charge on any atom is 0.323 e. The summed E-state index contributed by atoms with van der Waals surface area (Å²) in [5.41, 5.74) is 5.69. The highest BCUT2D eigenvalue weighted by Gasteiger charge is 2.68. The lowest BCUT2D eigenvalue weighted by atomic mass is 9.89. The Hall–Kier alpha value is -1.23. The fourth-order valence-electron chi connectivity index (χ4n) is 4.05. The van der Waals surface area contributed by atoms with E-state index in [-0.39, 0.29) is 28.4 Å². The molecule has 37 heavy (non-hydrogen) atoms. The first-order valence-corrected chi connectivity index (χ1v) is 20.0. The molecule has 0 aromatic rings. The number of amides is 2. The first-order valence-electron chi connectivity index (χ1n) is 12.7. The molecule has 212 valence electrons. The van der Waals surface area contributed by atoms with E-state index >= 15 is 0 Å². The van der Waals surface area contributed by atoms with E-state index in [4.69, 9.17) is 23.5 Å². The largest absolute Gasteiger partial charge is 0.414 e. The summed E-state index contributed by atoms with van der Waals surface area (Å²) in [5, 5.41) is 3.45. The molecule has 1 saturated heterocycles. The van der Waals surface area contributed by atoms with Gasteiger partial charge >= 0.3 is 6.03 Å². The lowest BCUT2D eigenvalue weighted by Crippen LogP contribution is -2.61. The van der Waals surface area contributed by atoms with Crippen LogP contribution in [0.2, 0.25) is 36.3 Å². The molecular formula is C24H45N3O7SSi2. The molecule has 0 saturated carbocycles. The second-order valence-electron chi connectivity index (χ2n) is 13.4. The number of ether oxygens (including phenoxy) is 1. The zero-order valence-corrected chi connectivity index (χ0v) is 26.9. The van der Waals surface area contributed by atoms with Gasteiger partial charge < -0.3 is 24.6 Å². The van der Waals surface area contributed by atoms with Crippen LogP contribution in [0.4, 0.5) is 4.79 Å². The summed E-state index contributed by atoms with van der Waals surface area (Å²) in [5.74, 6) is 0. The second kappa shape index (κ2) is 9.45. The van der Waals surface area contributed by atoms with E-state index < -0.39 is 50.8 Å². The van der Waals surface area contributed by atoms with Gasteiger partial charge in [0.1, 0.15) is 12.2 Å². The van der Waals surface area contributed by atoms with E-state index in [1.165, 1.54) is 4.90 Å². The lowest BCUT2D eigenvalue weighted by Gasteiger charge is -2.44. The Morgan fingerprint density at radius 2 is 1.70 bits per heavy atom. The molecule has 13 heteroatoms. The van der Waals surface area contributed by atoms with E-state index in [1.807, 2.05) is 6.92 Å². The summed E-state index contributed by atoms with van der Waals surface area (Å²) in [6.07, 6.45) is -1.22. The lowest BCUT2D eigenvalue weighted by molar-refractivity contribution is -0.0649. The van der Waals surface area contributed by atoms with E-state index in [9.17, 15) is 13.2 Å². The minimum absolute atomic E-state index is 0.0133. The third-order valence-corrected chi connectivity index (χ3v) is 18.5. The summed E-state index contributed by atoms with van der Waals surface area (Å²) >= 11 is 0. The minimum atomic E-state index is -4.12. The fourth-order valence-corrected chi connectivity index (χ4v) is 7.56. The smallest absolute Gasteiger partial charge is 0.323 e. The van der Waals surface area contributed by atoms with Crippen LogP contribution in [-0.4, -0.2) is 73.2 Å². The third kappa shape index (κ3) is 5.59. The number of carbonyl (C=O) groups is 1. The van der Waals surface area contributed by atoms with Crippen molar-refractivity contribution in [2.45, 2.75) is 109 Å². The van der Waals surface area contributed by atoms with Gasteiger partial charge in [-0.05, 0) is 48.8 Å². The zero-order chi connectivity index (χ0) is 28.4. The molecule has 1 spiro atoms. The summed E-state index contributed by atoms with van der Waals surface area (Å²) in [6, 6.07) is -0.371. The van der Waals surface area contributed by atoms with Crippen LogP contribution in [-0.2, 0) is 27.9 Å². The van der Waals surface area contributed by atoms with Gasteiger partial charge in [0.2, 0.25) is 0 Å². The number of carbonyl (C=O) groups excluding carboxylic acids is 1. The van der Waals surface area contributed by atoms with Crippen LogP contribution in [0.3, 0.4) is 0 Å². The summed E-state index contributed by atoms with van der Waals surface area (Å²) < 4.78 is 51.3. The molecule has 0 aliphatic carbocycles. The first kappa shape index (κ1) is 30.3. The van der Waals surface area contributed by atoms with Crippen molar-refractivity contribution in [3.8, 4) is 0 Å². The Morgan fingerprint density at radius 1 is 1.14 bits per heavy atom. The predicted octanol–water partition coefficient (Wildman–Crippen LogP) is 3.95. The van der Waals surface area contributed by atoms with Crippen molar-refractivity contribution in [3.63, 3.8) is 0 Å². The molecule has 10 nitrogen and oxygen atoms in total. The molecule has 0 radical (unpaired) electrons. The molecule has 0 aromatic carbocycles. The van der Waals surface area contributed by atoms with Crippen molar-refractivity contribution >= 4 is 32.8 Å². The van der Waals surface area contributed by atoms with Gasteiger partial charge in [-0.15, -0.1) is 0 Å². The molecule has 0 aromatic heterocycles. The number of nitrogens with two attached hydrogens (primary N) is 1. The average molecular weight is 576 g/mol. The molecule has 0 bridgehead atoms. The van der Waals surface area contributed by atoms with E-state index in [0.29, 0.717) is 6.54 Å². The molecule has 2 amide bonds. The Bertz CT molecular complexity index is 1090. The standard InChI is InChI=1S/C24H45N3O7SSi2/c1-16-12-26-21(28)27(13-16)20-19(33-37(10,11)23(5,6)7)24(17(25)15-35(29,30)34-24)18(32-20)14-31-36(8,9)22(2,3)4/h13,15,18-20H,12,14,25H2,1-11H3,(H,26,28)/t18?,19-,20+,24?/m0/s1. The quantitative estimate of drug-likeness (QED) is 0.360. The van der Waals surface area contributed by atoms with Crippen molar-refractivity contribution in [1.29, 1.82) is 0 Å². The van der Waals surface area contributed by atoms with Crippen molar-refractivity contribution in [3.05, 3.63) is 22.9 Å². The molecule has 3 N–H and O–H groups in total. The highest BCUT2D eigenvalue weighted by atomic mass is 32.2. The highest BCUT2D eigenvalue weighted by Crippen LogP contribution is 2.50. The van der Waals surface area contributed by atoms with Crippen molar-refractivity contribution < 1.29 is 31.0 Å². The molecule has 3 rings (SSSR count). The van der Waals surface area contributed by atoms with E-state index in [2.05, 4.69) is 73.0 Å². The van der Waals surface area contributed by atoms with Gasteiger partial charge in [0.15, 0.2) is 28.5 Å². The van der Waals surface area contributed by atoms with Crippen molar-refractivity contribution in [1.82, 2.24) is 10.2 Å². The van der Waals surface area contributed by atoms with Gasteiger partial charge in [0.25, 0.3) is 10.1 Å². The van der Waals surface area contributed by atoms with Gasteiger partial charge in [-0.1, -0.05) is 41.5 Å². The predicted molar refractivity (Wildman–Crippen MR) is 148 cm³/mol. The maximum absolute atomic E-state index is 13.0. The molecular weight excluding hydrogens is 531 g/mol. The molecule has 1 fully saturated rings. The SMILES string of the molecule is CC1=CN([C@@H]2OC(CO[Si](C)(C)C(C)(C)C)C3(OS(=O)(=O)C=C3N)[C@H]2O[Si](C)(C)C(C)(C)C)C(=O)NC1. The van der Waals surface area contributed by atoms with E-state index in [1.54, 1.807) is 6.20 Å². The number of rotatable bonds is 6. The second-order valence-corrected chi connectivity index (χ2v) is 24.3. The first-order chi connectivity index (χ1) is 16.5. The zero-order valence-electron chi connectivity index (χ0n) is 24.1. The number of hydrogen-bond acceptors (Lipinski definition) is 8. The fraction of sp³-hybridized carbons (Fsp3) is 0.792. The van der Waals surface area contributed by atoms with Crippen LogP contribution in [0.25, 0.3) is 0 Å². The van der Waals surface area contributed by atoms with Crippen LogP contribution < -0.4 is 11.1 Å². The highest BCUT2D eigenvalue weighted by molar-refractivity contribution is 7.90. The van der Waals surface area contributed by atoms with Gasteiger partial charge in [-0.3, -0.25) is 4.90 Å². The normalized spacial score (nSPS) is 30.9. The van der Waals surface area contributed by atoms with Crippen LogP contribution in [0, 0.1) is 0 Å². The van der Waals surface area contributed by atoms with Crippen molar-refractivity contribution in [2.24, 2.45) is 5.73 Å². The summed E-state index contributed by atoms with van der Waals surface area (Å²) in [4.78, 5) is 14.4. The maximum atomic E-state index is 13.0. The number of urea groups is 1. The Balaban J connectivity index is 2.16. The van der Waals surface area contributed by atoms with Crippen LogP contribution in [0.15, 0.2) is 22.9 Å². The van der Waals surface area contributed by atoms with Gasteiger partial charge in [-0.2, -0.15) is 8.42 Å². The molecule has 3 aliphatic heterocycles. The van der Waals surface area contributed by atoms with Crippen LogP contribution >= 0.6 is 0 Å². The molecule has 4 atom stereocenters. The van der Waals surface area contributed by atoms with Crippen LogP contribution in [0.1, 0.15) is 48.5 Å². The third-order valence-electron chi connectivity index (χ3n) is 8.46. The van der Waals surface area contributed by atoms with Gasteiger partial charge in [0.05, 0.1) is 17.7 Å². The molecule has 3 heterocycles. The monoisotopic (exact) mass is 575 g/mol. The topological polar surface area (TPSA) is 129 Å². The number of nitrogens with one attached hydrogen (secondary N) is 1. The number of hydrogen-bond donors (Lipinski definition) is 2. The van der Waals surface area contributed by atoms with Crippen LogP contribution in [0.5, 0.6) is 0 Å². The Kier molecular flexibility index (Phi) is 7.75. The Labute approximate surface area is 224 Å². The van der Waals surface area contributed by atoms with Gasteiger partial charge in [-0.25, -0.2) is 8.98 Å². The summed E-state index contributed by atoms with van der Waals surface area (Å²) in [6.45, 7) is 23.2. The summed E-state index contributed by atoms with van der Waals surface area (Å²) in [7, 11) is -8.93. The van der Waals surface area contributed by atoms with E-state index in [0.717, 1.165) is 11.0 Å². The Morgan fingerprint density at radius 3 is 2.19 bits per heavy atom. The average Bonchev–Trinajstić information content (AvgIpc) is 3.13. The molecule has 3 aliphatic rings.